The molecule has 1 unspecified atom stereocenters. The summed E-state index contributed by atoms with van der Waals surface area (Å²) in [5.74, 6) is -0.126. The van der Waals surface area contributed by atoms with Gasteiger partial charge in [0.25, 0.3) is 0 Å². The largest absolute Gasteiger partial charge is 0.505 e. The molecule has 0 aliphatic carbocycles. The van der Waals surface area contributed by atoms with E-state index >= 15 is 0 Å². The number of phenolic OH excluding ortho intramolecular Hbond substituents is 1. The van der Waals surface area contributed by atoms with Crippen molar-refractivity contribution in [1.29, 1.82) is 0 Å². The maximum Gasteiger partial charge on any atom is 0.145 e. The monoisotopic (exact) mass is 428 g/mol. The quantitative estimate of drug-likeness (QED) is 0.394. The SMILES string of the molecule is Oc1c(C(Cc2ccc(Cl)cn2)c2cccc(Cl)c2Cl)ccc2cccnc12. The van der Waals surface area contributed by atoms with Crippen molar-refractivity contribution in [2.24, 2.45) is 0 Å². The van der Waals surface area contributed by atoms with Gasteiger partial charge in [-0.1, -0.05) is 65.1 Å². The van der Waals surface area contributed by atoms with Crippen molar-refractivity contribution in [2.75, 3.05) is 0 Å². The molecule has 140 valence electrons. The maximum absolute atomic E-state index is 11.0. The molecule has 4 rings (SSSR count). The summed E-state index contributed by atoms with van der Waals surface area (Å²) in [5, 5.41) is 13.3. The standard InChI is InChI=1S/C22H15Cl3N2O/c23-14-7-8-15(27-12-14)11-18(16-4-1-5-19(24)20(16)25)17-9-6-13-3-2-10-26-21(13)22(17)28/h1-10,12,18,28H,11H2. The second-order valence-electron chi connectivity index (χ2n) is 6.45. The molecule has 0 bridgehead atoms. The molecule has 0 aliphatic heterocycles. The van der Waals surface area contributed by atoms with Gasteiger partial charge in [0.05, 0.1) is 15.1 Å². The maximum atomic E-state index is 11.0. The van der Waals surface area contributed by atoms with Gasteiger partial charge < -0.3 is 5.11 Å². The fraction of sp³-hybridized carbons (Fsp3) is 0.0909. The molecule has 0 saturated heterocycles. The molecule has 2 aromatic heterocycles. The Kier molecular flexibility index (Phi) is 5.40. The van der Waals surface area contributed by atoms with Crippen LogP contribution >= 0.6 is 34.8 Å². The third-order valence-electron chi connectivity index (χ3n) is 4.71. The predicted octanol–water partition coefficient (Wildman–Crippen LogP) is 6.67. The highest BCUT2D eigenvalue weighted by Gasteiger charge is 2.23. The lowest BCUT2D eigenvalue weighted by atomic mass is 9.86. The van der Waals surface area contributed by atoms with Crippen molar-refractivity contribution in [3.05, 3.63) is 98.9 Å². The number of aromatic hydroxyl groups is 1. The number of benzene rings is 2. The Bertz CT molecular complexity index is 1150. The Morgan fingerprint density at radius 2 is 1.71 bits per heavy atom. The Labute approximate surface area is 177 Å². The van der Waals surface area contributed by atoms with E-state index in [-0.39, 0.29) is 11.7 Å². The molecule has 3 nitrogen and oxygen atoms in total. The van der Waals surface area contributed by atoms with E-state index < -0.39 is 0 Å². The molecule has 0 radical (unpaired) electrons. The smallest absolute Gasteiger partial charge is 0.145 e. The highest BCUT2D eigenvalue weighted by Crippen LogP contribution is 2.41. The molecule has 28 heavy (non-hydrogen) atoms. The zero-order valence-corrected chi connectivity index (χ0v) is 16.9. The second kappa shape index (κ2) is 7.96. The third kappa shape index (κ3) is 3.66. The summed E-state index contributed by atoms with van der Waals surface area (Å²) in [6.07, 6.45) is 3.78. The third-order valence-corrected chi connectivity index (χ3v) is 5.77. The van der Waals surface area contributed by atoms with Crippen LogP contribution in [0.1, 0.15) is 22.7 Å². The molecular formula is C22H15Cl3N2O. The van der Waals surface area contributed by atoms with Crippen molar-refractivity contribution in [1.82, 2.24) is 9.97 Å². The molecule has 6 heteroatoms. The van der Waals surface area contributed by atoms with E-state index in [1.807, 2.05) is 42.5 Å². The van der Waals surface area contributed by atoms with Gasteiger partial charge >= 0.3 is 0 Å². The zero-order valence-electron chi connectivity index (χ0n) is 14.6. The number of rotatable bonds is 4. The number of hydrogen-bond donors (Lipinski definition) is 1. The van der Waals surface area contributed by atoms with Crippen LogP contribution in [0.25, 0.3) is 10.9 Å². The first kappa shape index (κ1) is 19.0. The number of phenols is 1. The first-order chi connectivity index (χ1) is 13.5. The van der Waals surface area contributed by atoms with Crippen LogP contribution in [0.5, 0.6) is 5.75 Å². The van der Waals surface area contributed by atoms with Crippen LogP contribution < -0.4 is 0 Å². The van der Waals surface area contributed by atoms with Crippen LogP contribution in [0.3, 0.4) is 0 Å². The molecule has 0 fully saturated rings. The molecule has 1 N–H and O–H groups in total. The van der Waals surface area contributed by atoms with Gasteiger partial charge in [0.2, 0.25) is 0 Å². The number of halogens is 3. The van der Waals surface area contributed by atoms with E-state index in [4.69, 9.17) is 34.8 Å². The number of aromatic nitrogens is 2. The van der Waals surface area contributed by atoms with Gasteiger partial charge in [-0.2, -0.15) is 0 Å². The summed E-state index contributed by atoms with van der Waals surface area (Å²) in [4.78, 5) is 8.74. The summed E-state index contributed by atoms with van der Waals surface area (Å²) in [5.41, 5.74) is 2.90. The normalized spacial score (nSPS) is 12.2. The van der Waals surface area contributed by atoms with Crippen LogP contribution in [0.15, 0.2) is 67.0 Å². The van der Waals surface area contributed by atoms with Gasteiger partial charge in [-0.25, -0.2) is 0 Å². The molecule has 0 amide bonds. The van der Waals surface area contributed by atoms with E-state index in [1.54, 1.807) is 24.5 Å². The van der Waals surface area contributed by atoms with Gasteiger partial charge in [0.1, 0.15) is 11.3 Å². The summed E-state index contributed by atoms with van der Waals surface area (Å²) in [6, 6.07) is 16.8. The fourth-order valence-electron chi connectivity index (χ4n) is 3.34. The van der Waals surface area contributed by atoms with Crippen LogP contribution in [0.4, 0.5) is 0 Å². The van der Waals surface area contributed by atoms with Crippen molar-refractivity contribution < 1.29 is 5.11 Å². The van der Waals surface area contributed by atoms with Gasteiger partial charge in [-0.15, -0.1) is 0 Å². The van der Waals surface area contributed by atoms with Crippen molar-refractivity contribution in [3.8, 4) is 5.75 Å². The highest BCUT2D eigenvalue weighted by atomic mass is 35.5. The molecule has 0 spiro atoms. The molecule has 0 saturated carbocycles. The number of pyridine rings is 2. The fourth-order valence-corrected chi connectivity index (χ4v) is 3.89. The Hall–Kier alpha value is -2.33. The van der Waals surface area contributed by atoms with E-state index in [0.29, 0.717) is 32.6 Å². The van der Waals surface area contributed by atoms with E-state index in [0.717, 1.165) is 16.6 Å². The van der Waals surface area contributed by atoms with Crippen LogP contribution in [0.2, 0.25) is 15.1 Å². The number of hydrogen-bond acceptors (Lipinski definition) is 3. The summed E-state index contributed by atoms with van der Waals surface area (Å²) >= 11 is 18.8. The molecule has 4 aromatic rings. The average Bonchev–Trinajstić information content (AvgIpc) is 2.71. The molecule has 2 aromatic carbocycles. The van der Waals surface area contributed by atoms with Crippen molar-refractivity contribution >= 4 is 45.7 Å². The highest BCUT2D eigenvalue weighted by molar-refractivity contribution is 6.42. The Morgan fingerprint density at radius 1 is 0.857 bits per heavy atom. The van der Waals surface area contributed by atoms with Crippen LogP contribution in [-0.4, -0.2) is 15.1 Å². The summed E-state index contributed by atoms with van der Waals surface area (Å²) < 4.78 is 0. The van der Waals surface area contributed by atoms with E-state index in [2.05, 4.69) is 9.97 Å². The Balaban J connectivity index is 1.89. The van der Waals surface area contributed by atoms with Gasteiger partial charge in [-0.3, -0.25) is 9.97 Å². The van der Waals surface area contributed by atoms with Crippen molar-refractivity contribution in [3.63, 3.8) is 0 Å². The average molecular weight is 430 g/mol. The van der Waals surface area contributed by atoms with Gasteiger partial charge in [0.15, 0.2) is 0 Å². The second-order valence-corrected chi connectivity index (χ2v) is 7.67. The lowest BCUT2D eigenvalue weighted by Crippen LogP contribution is -2.08. The van der Waals surface area contributed by atoms with Gasteiger partial charge in [0, 0.05) is 41.4 Å². The predicted molar refractivity (Wildman–Crippen MR) is 115 cm³/mol. The minimum Gasteiger partial charge on any atom is -0.505 e. The first-order valence-corrected chi connectivity index (χ1v) is 9.79. The number of fused-ring (bicyclic) bond motifs is 1. The lowest BCUT2D eigenvalue weighted by molar-refractivity contribution is 0.469. The number of nitrogens with zero attached hydrogens (tertiary/aromatic N) is 2. The minimum absolute atomic E-state index is 0.133. The van der Waals surface area contributed by atoms with E-state index in [9.17, 15) is 5.11 Å². The zero-order chi connectivity index (χ0) is 19.7. The van der Waals surface area contributed by atoms with Crippen molar-refractivity contribution in [2.45, 2.75) is 12.3 Å². The van der Waals surface area contributed by atoms with E-state index in [1.165, 1.54) is 0 Å². The molecule has 2 heterocycles. The topological polar surface area (TPSA) is 46.0 Å². The molecule has 1 atom stereocenters. The first-order valence-electron chi connectivity index (χ1n) is 8.65. The molecule has 0 aliphatic rings. The van der Waals surface area contributed by atoms with Crippen LogP contribution in [0, 0.1) is 0 Å². The minimum atomic E-state index is -0.258. The van der Waals surface area contributed by atoms with Gasteiger partial charge in [-0.05, 0) is 29.8 Å². The Morgan fingerprint density at radius 3 is 2.50 bits per heavy atom. The molecular weight excluding hydrogens is 415 g/mol. The van der Waals surface area contributed by atoms with Crippen LogP contribution in [-0.2, 0) is 6.42 Å². The summed E-state index contributed by atoms with van der Waals surface area (Å²) in [6.45, 7) is 0. The summed E-state index contributed by atoms with van der Waals surface area (Å²) in [7, 11) is 0. The lowest BCUT2D eigenvalue weighted by Gasteiger charge is -2.21.